The van der Waals surface area contributed by atoms with Crippen molar-refractivity contribution in [2.45, 2.75) is 45.6 Å². The highest BCUT2D eigenvalue weighted by Gasteiger charge is 2.22. The van der Waals surface area contributed by atoms with Crippen molar-refractivity contribution in [1.29, 1.82) is 0 Å². The lowest BCUT2D eigenvalue weighted by Crippen LogP contribution is -2.48. The van der Waals surface area contributed by atoms with E-state index in [4.69, 9.17) is 5.73 Å². The molecule has 0 radical (unpaired) electrons. The fourth-order valence-electron chi connectivity index (χ4n) is 2.43. The number of nitrogens with two attached hydrogens (primary N) is 1. The van der Waals surface area contributed by atoms with Crippen LogP contribution >= 0.6 is 0 Å². The molecule has 1 atom stereocenters. The van der Waals surface area contributed by atoms with Gasteiger partial charge in [-0.1, -0.05) is 0 Å². The van der Waals surface area contributed by atoms with Gasteiger partial charge in [-0.15, -0.1) is 0 Å². The van der Waals surface area contributed by atoms with Gasteiger partial charge in [-0.3, -0.25) is 9.69 Å². The van der Waals surface area contributed by atoms with Gasteiger partial charge in [0.05, 0.1) is 6.54 Å². The summed E-state index contributed by atoms with van der Waals surface area (Å²) in [7, 11) is 0. The van der Waals surface area contributed by atoms with Crippen molar-refractivity contribution in [3.63, 3.8) is 0 Å². The molecule has 1 fully saturated rings. The van der Waals surface area contributed by atoms with Crippen LogP contribution in [0.25, 0.3) is 0 Å². The van der Waals surface area contributed by atoms with Crippen LogP contribution in [0.2, 0.25) is 0 Å². The van der Waals surface area contributed by atoms with Gasteiger partial charge in [0.15, 0.2) is 0 Å². The lowest BCUT2D eigenvalue weighted by molar-refractivity contribution is -0.124. The van der Waals surface area contributed by atoms with E-state index in [2.05, 4.69) is 10.2 Å². The zero-order valence-electron chi connectivity index (χ0n) is 11.5. The van der Waals surface area contributed by atoms with Crippen molar-refractivity contribution in [2.24, 2.45) is 11.7 Å². The second kappa shape index (κ2) is 6.36. The molecule has 0 aromatic heterocycles. The van der Waals surface area contributed by atoms with Crippen LogP contribution in [0.5, 0.6) is 0 Å². The number of nitrogens with one attached hydrogen (secondary N) is 1. The molecule has 1 amide bonds. The highest BCUT2D eigenvalue weighted by atomic mass is 16.2. The third-order valence-electron chi connectivity index (χ3n) is 3.06. The van der Waals surface area contributed by atoms with E-state index in [1.807, 2.05) is 20.8 Å². The van der Waals surface area contributed by atoms with Gasteiger partial charge in [0.2, 0.25) is 5.91 Å². The zero-order chi connectivity index (χ0) is 12.9. The molecule has 0 saturated carbocycles. The maximum Gasteiger partial charge on any atom is 0.234 e. The molecule has 0 aromatic rings. The van der Waals surface area contributed by atoms with Crippen LogP contribution in [0.1, 0.15) is 40.0 Å². The molecule has 1 aliphatic rings. The first-order chi connectivity index (χ1) is 7.90. The van der Waals surface area contributed by atoms with Crippen molar-refractivity contribution in [3.05, 3.63) is 0 Å². The van der Waals surface area contributed by atoms with E-state index in [0.717, 1.165) is 26.1 Å². The van der Waals surface area contributed by atoms with Crippen LogP contribution in [-0.2, 0) is 4.79 Å². The lowest BCUT2D eigenvalue weighted by atomic mass is 9.95. The minimum atomic E-state index is -0.135. The SMILES string of the molecule is CC(C)(C)NC(=O)CN1CCCC(CCN)C1. The Kier molecular flexibility index (Phi) is 5.40. The van der Waals surface area contributed by atoms with Gasteiger partial charge in [0, 0.05) is 12.1 Å². The Morgan fingerprint density at radius 2 is 2.18 bits per heavy atom. The molecule has 4 nitrogen and oxygen atoms in total. The predicted molar refractivity (Wildman–Crippen MR) is 70.7 cm³/mol. The van der Waals surface area contributed by atoms with Crippen molar-refractivity contribution in [2.75, 3.05) is 26.2 Å². The minimum absolute atomic E-state index is 0.130. The molecule has 0 aromatic carbocycles. The van der Waals surface area contributed by atoms with Gasteiger partial charge in [-0.2, -0.15) is 0 Å². The normalized spacial score (nSPS) is 22.5. The number of hydrogen-bond acceptors (Lipinski definition) is 3. The Balaban J connectivity index is 2.33. The highest BCUT2D eigenvalue weighted by Crippen LogP contribution is 2.18. The average molecular weight is 241 g/mol. The van der Waals surface area contributed by atoms with Gasteiger partial charge in [-0.05, 0) is 59.0 Å². The zero-order valence-corrected chi connectivity index (χ0v) is 11.5. The smallest absolute Gasteiger partial charge is 0.234 e. The van der Waals surface area contributed by atoms with Gasteiger partial charge in [0.25, 0.3) is 0 Å². The molecule has 1 heterocycles. The number of piperidine rings is 1. The molecule has 100 valence electrons. The van der Waals surface area contributed by atoms with Gasteiger partial charge < -0.3 is 11.1 Å². The maximum absolute atomic E-state index is 11.8. The number of hydrogen-bond donors (Lipinski definition) is 2. The molecule has 0 spiro atoms. The van der Waals surface area contributed by atoms with E-state index in [1.54, 1.807) is 0 Å². The number of carbonyl (C=O) groups is 1. The fraction of sp³-hybridized carbons (Fsp3) is 0.923. The van der Waals surface area contributed by atoms with Crippen LogP contribution in [0, 0.1) is 5.92 Å². The molecule has 0 bridgehead atoms. The summed E-state index contributed by atoms with van der Waals surface area (Å²) in [6.07, 6.45) is 3.53. The fourth-order valence-corrected chi connectivity index (χ4v) is 2.43. The van der Waals surface area contributed by atoms with E-state index in [9.17, 15) is 4.79 Å². The quantitative estimate of drug-likeness (QED) is 0.771. The van der Waals surface area contributed by atoms with E-state index >= 15 is 0 Å². The van der Waals surface area contributed by atoms with Crippen molar-refractivity contribution in [1.82, 2.24) is 10.2 Å². The third-order valence-corrected chi connectivity index (χ3v) is 3.06. The third kappa shape index (κ3) is 6.03. The van der Waals surface area contributed by atoms with Crippen molar-refractivity contribution >= 4 is 5.91 Å². The summed E-state index contributed by atoms with van der Waals surface area (Å²) in [5.74, 6) is 0.807. The monoisotopic (exact) mass is 241 g/mol. The highest BCUT2D eigenvalue weighted by molar-refractivity contribution is 5.78. The van der Waals surface area contributed by atoms with E-state index < -0.39 is 0 Å². The van der Waals surface area contributed by atoms with Crippen LogP contribution < -0.4 is 11.1 Å². The van der Waals surface area contributed by atoms with E-state index in [0.29, 0.717) is 12.5 Å². The first-order valence-electron chi connectivity index (χ1n) is 6.64. The number of amides is 1. The van der Waals surface area contributed by atoms with Crippen molar-refractivity contribution in [3.8, 4) is 0 Å². The topological polar surface area (TPSA) is 58.4 Å². The Bertz CT molecular complexity index is 246. The van der Waals surface area contributed by atoms with Gasteiger partial charge in [-0.25, -0.2) is 0 Å². The van der Waals surface area contributed by atoms with Crippen LogP contribution in [0.15, 0.2) is 0 Å². The molecule has 1 aliphatic heterocycles. The van der Waals surface area contributed by atoms with Crippen molar-refractivity contribution < 1.29 is 4.79 Å². The molecular weight excluding hydrogens is 214 g/mol. The first-order valence-corrected chi connectivity index (χ1v) is 6.64. The maximum atomic E-state index is 11.8. The lowest BCUT2D eigenvalue weighted by Gasteiger charge is -2.33. The summed E-state index contributed by atoms with van der Waals surface area (Å²) < 4.78 is 0. The molecule has 1 rings (SSSR count). The van der Waals surface area contributed by atoms with Crippen LogP contribution in [0.3, 0.4) is 0 Å². The summed E-state index contributed by atoms with van der Waals surface area (Å²) in [6.45, 7) is 9.38. The molecular formula is C13H27N3O. The Morgan fingerprint density at radius 3 is 2.76 bits per heavy atom. The number of rotatable bonds is 4. The summed E-state index contributed by atoms with van der Waals surface area (Å²) >= 11 is 0. The summed E-state index contributed by atoms with van der Waals surface area (Å²) in [5, 5.41) is 3.01. The Hall–Kier alpha value is -0.610. The molecule has 4 heteroatoms. The largest absolute Gasteiger partial charge is 0.350 e. The van der Waals surface area contributed by atoms with E-state index in [-0.39, 0.29) is 11.4 Å². The number of likely N-dealkylation sites (tertiary alicyclic amines) is 1. The Labute approximate surface area is 105 Å². The summed E-state index contributed by atoms with van der Waals surface area (Å²) in [4.78, 5) is 14.1. The standard InChI is InChI=1S/C13H27N3O/c1-13(2,3)15-12(17)10-16-8-4-5-11(9-16)6-7-14/h11H,4-10,14H2,1-3H3,(H,15,17). The van der Waals surface area contributed by atoms with Crippen LogP contribution in [0.4, 0.5) is 0 Å². The van der Waals surface area contributed by atoms with Gasteiger partial charge in [0.1, 0.15) is 0 Å². The molecule has 17 heavy (non-hydrogen) atoms. The van der Waals surface area contributed by atoms with Crippen LogP contribution in [-0.4, -0.2) is 42.5 Å². The number of carbonyl (C=O) groups excluding carboxylic acids is 1. The minimum Gasteiger partial charge on any atom is -0.350 e. The summed E-state index contributed by atoms with van der Waals surface area (Å²) in [5.41, 5.74) is 5.46. The van der Waals surface area contributed by atoms with Gasteiger partial charge >= 0.3 is 0 Å². The van der Waals surface area contributed by atoms with E-state index in [1.165, 1.54) is 12.8 Å². The second-order valence-corrected chi connectivity index (χ2v) is 6.12. The predicted octanol–water partition coefficient (Wildman–Crippen LogP) is 0.962. The Morgan fingerprint density at radius 1 is 1.47 bits per heavy atom. The first kappa shape index (κ1) is 14.5. The molecule has 0 aliphatic carbocycles. The molecule has 1 saturated heterocycles. The summed E-state index contributed by atoms with van der Waals surface area (Å²) in [6, 6.07) is 0. The average Bonchev–Trinajstić information content (AvgIpc) is 2.15. The molecule has 1 unspecified atom stereocenters. The molecule has 3 N–H and O–H groups in total. The second-order valence-electron chi connectivity index (χ2n) is 6.12. The number of nitrogens with zero attached hydrogens (tertiary/aromatic N) is 1.